The Balaban J connectivity index is 1.59. The average molecular weight is 381 g/mol. The number of hydrogen-bond donors (Lipinski definition) is 1. The van der Waals surface area contributed by atoms with Crippen LogP contribution in [0.25, 0.3) is 10.9 Å². The molecule has 1 aromatic heterocycles. The number of para-hydroxylation sites is 1. The first-order valence-electron chi connectivity index (χ1n) is 8.60. The minimum absolute atomic E-state index is 0.0113. The fourth-order valence-corrected chi connectivity index (χ4v) is 2.96. The van der Waals surface area contributed by atoms with E-state index in [0.717, 1.165) is 16.6 Å². The number of carbonyl (C=O) groups is 2. The van der Waals surface area contributed by atoms with Crippen LogP contribution < -0.4 is 5.32 Å². The Labute approximate surface area is 160 Å². The number of nitro groups is 1. The smallest absolute Gasteiger partial charge is 0.326 e. The Bertz CT molecular complexity index is 1070. The number of amides is 1. The molecule has 0 radical (unpaired) electrons. The van der Waals surface area contributed by atoms with Gasteiger partial charge in [-0.15, -0.1) is 0 Å². The average Bonchev–Trinajstić information content (AvgIpc) is 2.97. The number of hydrogen-bond acceptors (Lipinski definition) is 5. The number of nitrogens with one attached hydrogen (secondary N) is 1. The number of carbonyl (C=O) groups excluding carboxylic acids is 2. The molecule has 0 fully saturated rings. The molecule has 2 aromatic carbocycles. The standard InChI is InChI=1S/C20H19N3O5/c1-13-7-8-16(10-18(13)23(26)27)21-19(24)12-28-20(25)11-22-14(2)9-15-5-3-4-6-17(15)22/h3-10H,11-12H2,1-2H3,(H,21,24). The molecule has 0 saturated heterocycles. The summed E-state index contributed by atoms with van der Waals surface area (Å²) < 4.78 is 6.87. The Kier molecular flexibility index (Phi) is 5.39. The van der Waals surface area contributed by atoms with E-state index in [-0.39, 0.29) is 17.9 Å². The van der Waals surface area contributed by atoms with Gasteiger partial charge in [0.2, 0.25) is 0 Å². The molecule has 0 spiro atoms. The van der Waals surface area contributed by atoms with Gasteiger partial charge in [0.15, 0.2) is 6.61 Å². The van der Waals surface area contributed by atoms with Crippen LogP contribution >= 0.6 is 0 Å². The molecule has 0 aliphatic rings. The molecular weight excluding hydrogens is 362 g/mol. The van der Waals surface area contributed by atoms with E-state index in [1.54, 1.807) is 19.1 Å². The number of aromatic nitrogens is 1. The number of aryl methyl sites for hydroxylation is 2. The minimum atomic E-state index is -0.569. The summed E-state index contributed by atoms with van der Waals surface area (Å²) in [5.74, 6) is -1.12. The first kappa shape index (κ1) is 19.1. The lowest BCUT2D eigenvalue weighted by Crippen LogP contribution is -2.23. The van der Waals surface area contributed by atoms with Gasteiger partial charge in [0, 0.05) is 28.5 Å². The lowest BCUT2D eigenvalue weighted by atomic mass is 10.2. The van der Waals surface area contributed by atoms with Gasteiger partial charge in [-0.2, -0.15) is 0 Å². The highest BCUT2D eigenvalue weighted by Crippen LogP contribution is 2.22. The highest BCUT2D eigenvalue weighted by atomic mass is 16.6. The van der Waals surface area contributed by atoms with Crippen molar-refractivity contribution >= 4 is 34.2 Å². The molecule has 8 nitrogen and oxygen atoms in total. The van der Waals surface area contributed by atoms with Crippen LogP contribution in [0.5, 0.6) is 0 Å². The summed E-state index contributed by atoms with van der Waals surface area (Å²) in [5, 5.41) is 14.5. The van der Waals surface area contributed by atoms with E-state index in [4.69, 9.17) is 4.74 Å². The zero-order valence-electron chi connectivity index (χ0n) is 15.5. The van der Waals surface area contributed by atoms with Crippen LogP contribution in [0.15, 0.2) is 48.5 Å². The van der Waals surface area contributed by atoms with Gasteiger partial charge >= 0.3 is 5.97 Å². The normalized spacial score (nSPS) is 10.6. The van der Waals surface area contributed by atoms with E-state index in [2.05, 4.69) is 5.32 Å². The van der Waals surface area contributed by atoms with Crippen molar-refractivity contribution in [3.63, 3.8) is 0 Å². The molecule has 0 unspecified atom stereocenters. The lowest BCUT2D eigenvalue weighted by molar-refractivity contribution is -0.385. The van der Waals surface area contributed by atoms with Crippen LogP contribution in [-0.2, 0) is 20.9 Å². The van der Waals surface area contributed by atoms with Crippen LogP contribution in [0, 0.1) is 24.0 Å². The largest absolute Gasteiger partial charge is 0.454 e. The summed E-state index contributed by atoms with van der Waals surface area (Å²) in [7, 11) is 0. The van der Waals surface area contributed by atoms with Crippen LogP contribution in [0.2, 0.25) is 0 Å². The number of anilines is 1. The lowest BCUT2D eigenvalue weighted by Gasteiger charge is -2.09. The number of fused-ring (bicyclic) bond motifs is 1. The maximum Gasteiger partial charge on any atom is 0.326 e. The first-order valence-corrected chi connectivity index (χ1v) is 8.60. The summed E-state index contributed by atoms with van der Waals surface area (Å²) in [6.45, 7) is 3.02. The van der Waals surface area contributed by atoms with E-state index in [9.17, 15) is 19.7 Å². The Morgan fingerprint density at radius 2 is 1.89 bits per heavy atom. The molecule has 0 bridgehead atoms. The van der Waals surface area contributed by atoms with Crippen molar-refractivity contribution in [1.29, 1.82) is 0 Å². The van der Waals surface area contributed by atoms with E-state index in [1.165, 1.54) is 6.07 Å². The molecule has 0 atom stereocenters. The van der Waals surface area contributed by atoms with Crippen LogP contribution in [-0.4, -0.2) is 28.0 Å². The Morgan fingerprint density at radius 3 is 2.64 bits per heavy atom. The second kappa shape index (κ2) is 7.91. The predicted octanol–water partition coefficient (Wildman–Crippen LogP) is 3.35. The molecule has 8 heteroatoms. The molecule has 1 amide bonds. The van der Waals surface area contributed by atoms with Gasteiger partial charge in [-0.1, -0.05) is 24.3 Å². The second-order valence-corrected chi connectivity index (χ2v) is 6.40. The molecule has 3 rings (SSSR count). The van der Waals surface area contributed by atoms with Crippen LogP contribution in [0.4, 0.5) is 11.4 Å². The molecule has 3 aromatic rings. The topological polar surface area (TPSA) is 103 Å². The molecule has 1 N–H and O–H groups in total. The number of nitro benzene ring substituents is 1. The van der Waals surface area contributed by atoms with Crippen LogP contribution in [0.3, 0.4) is 0 Å². The fourth-order valence-electron chi connectivity index (χ4n) is 2.96. The van der Waals surface area contributed by atoms with Gasteiger partial charge in [-0.25, -0.2) is 0 Å². The predicted molar refractivity (Wildman–Crippen MR) is 104 cm³/mol. The third kappa shape index (κ3) is 4.17. The first-order chi connectivity index (χ1) is 13.3. The van der Waals surface area contributed by atoms with Crippen molar-refractivity contribution in [3.8, 4) is 0 Å². The van der Waals surface area contributed by atoms with Gasteiger partial charge < -0.3 is 14.6 Å². The number of esters is 1. The third-order valence-electron chi connectivity index (χ3n) is 4.36. The highest BCUT2D eigenvalue weighted by Gasteiger charge is 2.14. The van der Waals surface area contributed by atoms with Crippen LogP contribution in [0.1, 0.15) is 11.3 Å². The van der Waals surface area contributed by atoms with Gasteiger partial charge in [-0.3, -0.25) is 19.7 Å². The number of ether oxygens (including phenoxy) is 1. The van der Waals surface area contributed by atoms with E-state index >= 15 is 0 Å². The molecule has 28 heavy (non-hydrogen) atoms. The summed E-state index contributed by atoms with van der Waals surface area (Å²) in [5.41, 5.74) is 2.49. The van der Waals surface area contributed by atoms with Crippen molar-refractivity contribution in [1.82, 2.24) is 4.57 Å². The zero-order chi connectivity index (χ0) is 20.3. The molecule has 0 aliphatic carbocycles. The van der Waals surface area contributed by atoms with Crippen molar-refractivity contribution in [3.05, 3.63) is 69.9 Å². The minimum Gasteiger partial charge on any atom is -0.454 e. The SMILES string of the molecule is Cc1ccc(NC(=O)COC(=O)Cn2c(C)cc3ccccc32)cc1[N+](=O)[O-]. The van der Waals surface area contributed by atoms with E-state index < -0.39 is 23.4 Å². The summed E-state index contributed by atoms with van der Waals surface area (Å²) >= 11 is 0. The van der Waals surface area contributed by atoms with Gasteiger partial charge in [-0.05, 0) is 37.4 Å². The van der Waals surface area contributed by atoms with Crippen molar-refractivity contribution in [2.75, 3.05) is 11.9 Å². The zero-order valence-corrected chi connectivity index (χ0v) is 15.5. The summed E-state index contributed by atoms with van der Waals surface area (Å²) in [6, 6.07) is 14.0. The Morgan fingerprint density at radius 1 is 1.14 bits per heavy atom. The molecule has 0 aliphatic heterocycles. The molecule has 0 saturated carbocycles. The van der Waals surface area contributed by atoms with E-state index in [0.29, 0.717) is 5.56 Å². The molecule has 144 valence electrons. The molecule has 1 heterocycles. The summed E-state index contributed by atoms with van der Waals surface area (Å²) in [4.78, 5) is 34.6. The highest BCUT2D eigenvalue weighted by molar-refractivity contribution is 5.93. The van der Waals surface area contributed by atoms with Gasteiger partial charge in [0.25, 0.3) is 11.6 Å². The summed E-state index contributed by atoms with van der Waals surface area (Å²) in [6.07, 6.45) is 0. The van der Waals surface area contributed by atoms with Crippen molar-refractivity contribution < 1.29 is 19.2 Å². The number of rotatable bonds is 6. The van der Waals surface area contributed by atoms with Gasteiger partial charge in [0.05, 0.1) is 4.92 Å². The number of nitrogens with zero attached hydrogens (tertiary/aromatic N) is 2. The number of benzene rings is 2. The molecular formula is C20H19N3O5. The van der Waals surface area contributed by atoms with Crippen molar-refractivity contribution in [2.45, 2.75) is 20.4 Å². The van der Waals surface area contributed by atoms with E-state index in [1.807, 2.05) is 41.8 Å². The fraction of sp³-hybridized carbons (Fsp3) is 0.200. The third-order valence-corrected chi connectivity index (χ3v) is 4.36. The maximum absolute atomic E-state index is 12.1. The second-order valence-electron chi connectivity index (χ2n) is 6.40. The Hall–Kier alpha value is -3.68. The maximum atomic E-state index is 12.1. The van der Waals surface area contributed by atoms with Gasteiger partial charge in [0.1, 0.15) is 6.54 Å². The monoisotopic (exact) mass is 381 g/mol. The van der Waals surface area contributed by atoms with Crippen molar-refractivity contribution in [2.24, 2.45) is 0 Å². The quantitative estimate of drug-likeness (QED) is 0.401.